The average molecular weight is 369 g/mol. The molecular weight excluding hydrogens is 352 g/mol. The van der Waals surface area contributed by atoms with E-state index < -0.39 is 12.5 Å². The second kappa shape index (κ2) is 8.31. The maximum atomic E-state index is 12.6. The predicted octanol–water partition coefficient (Wildman–Crippen LogP) is 5.10. The van der Waals surface area contributed by atoms with Crippen LogP contribution in [0.25, 0.3) is 16.8 Å². The van der Waals surface area contributed by atoms with Gasteiger partial charge in [-0.25, -0.2) is 0 Å². The molecule has 0 spiro atoms. The molecule has 138 valence electrons. The number of carbonyl (C=O) groups excluding carboxylic acids is 1. The molecule has 0 atom stereocenters. The highest BCUT2D eigenvalue weighted by molar-refractivity contribution is 6.03. The number of ether oxygens (including phenoxy) is 2. The number of methoxy groups -OCH3 is 1. The van der Waals surface area contributed by atoms with Crippen molar-refractivity contribution < 1.29 is 23.0 Å². The minimum Gasteiger partial charge on any atom is -0.493 e. The van der Waals surface area contributed by atoms with Crippen LogP contribution >= 0.6 is 0 Å². The summed E-state index contributed by atoms with van der Waals surface area (Å²) in [6.45, 7) is -3.00. The first kappa shape index (κ1) is 18.4. The fraction of sp³-hybridized carbons (Fsp3) is 0.0952. The molecule has 0 radical (unpaired) electrons. The van der Waals surface area contributed by atoms with Crippen molar-refractivity contribution >= 4 is 28.4 Å². The number of benzene rings is 3. The van der Waals surface area contributed by atoms with Gasteiger partial charge < -0.3 is 14.8 Å². The van der Waals surface area contributed by atoms with E-state index in [-0.39, 0.29) is 11.5 Å². The molecule has 1 N–H and O–H groups in total. The van der Waals surface area contributed by atoms with E-state index in [1.165, 1.54) is 25.3 Å². The van der Waals surface area contributed by atoms with Crippen LogP contribution in [0.15, 0.2) is 66.7 Å². The van der Waals surface area contributed by atoms with E-state index in [0.29, 0.717) is 11.3 Å². The largest absolute Gasteiger partial charge is 0.493 e. The normalized spacial score (nSPS) is 11.1. The van der Waals surface area contributed by atoms with Crippen LogP contribution in [0.4, 0.5) is 14.5 Å². The summed E-state index contributed by atoms with van der Waals surface area (Å²) in [4.78, 5) is 12.2. The molecule has 27 heavy (non-hydrogen) atoms. The second-order valence-electron chi connectivity index (χ2n) is 5.64. The number of rotatable bonds is 6. The number of halogens is 2. The fourth-order valence-electron chi connectivity index (χ4n) is 2.66. The maximum Gasteiger partial charge on any atom is 0.387 e. The van der Waals surface area contributed by atoms with Crippen LogP contribution in [-0.4, -0.2) is 19.6 Å². The molecule has 0 unspecified atom stereocenters. The van der Waals surface area contributed by atoms with Gasteiger partial charge in [-0.1, -0.05) is 42.5 Å². The van der Waals surface area contributed by atoms with Gasteiger partial charge in [0.25, 0.3) is 0 Å². The number of alkyl halides is 2. The molecule has 0 saturated carbocycles. The van der Waals surface area contributed by atoms with Crippen LogP contribution in [0, 0.1) is 0 Å². The van der Waals surface area contributed by atoms with Crippen molar-refractivity contribution in [2.45, 2.75) is 6.61 Å². The van der Waals surface area contributed by atoms with Gasteiger partial charge in [0.15, 0.2) is 11.5 Å². The Kier molecular flexibility index (Phi) is 5.66. The smallest absolute Gasteiger partial charge is 0.387 e. The summed E-state index contributed by atoms with van der Waals surface area (Å²) in [6.07, 6.45) is 2.65. The van der Waals surface area contributed by atoms with Crippen molar-refractivity contribution in [2.24, 2.45) is 0 Å². The molecule has 3 aromatic rings. The Hall–Kier alpha value is -3.41. The number of anilines is 1. The molecule has 4 nitrogen and oxygen atoms in total. The molecule has 0 bridgehead atoms. The van der Waals surface area contributed by atoms with Crippen molar-refractivity contribution in [3.63, 3.8) is 0 Å². The third-order valence-corrected chi connectivity index (χ3v) is 3.87. The Bertz CT molecular complexity index is 986. The number of nitrogens with one attached hydrogen (secondary N) is 1. The van der Waals surface area contributed by atoms with Crippen LogP contribution < -0.4 is 14.8 Å². The van der Waals surface area contributed by atoms with Crippen LogP contribution in [0.3, 0.4) is 0 Å². The summed E-state index contributed by atoms with van der Waals surface area (Å²) in [7, 11) is 1.35. The summed E-state index contributed by atoms with van der Waals surface area (Å²) in [5.41, 5.74) is 0.946. The van der Waals surface area contributed by atoms with Gasteiger partial charge in [-0.2, -0.15) is 8.78 Å². The van der Waals surface area contributed by atoms with Gasteiger partial charge in [0.1, 0.15) is 0 Å². The minimum atomic E-state index is -3.00. The molecule has 0 saturated heterocycles. The Morgan fingerprint density at radius 3 is 2.56 bits per heavy atom. The van der Waals surface area contributed by atoms with E-state index in [0.717, 1.165) is 10.8 Å². The van der Waals surface area contributed by atoms with E-state index in [4.69, 9.17) is 4.74 Å². The van der Waals surface area contributed by atoms with Gasteiger partial charge in [-0.05, 0) is 35.0 Å². The molecular formula is C21H17F2NO3. The zero-order valence-corrected chi connectivity index (χ0v) is 14.5. The van der Waals surface area contributed by atoms with Gasteiger partial charge in [0.2, 0.25) is 5.91 Å². The van der Waals surface area contributed by atoms with Crippen LogP contribution in [0.2, 0.25) is 0 Å². The average Bonchev–Trinajstić information content (AvgIpc) is 2.66. The molecule has 1 amide bonds. The van der Waals surface area contributed by atoms with E-state index in [1.807, 2.05) is 36.4 Å². The topological polar surface area (TPSA) is 47.6 Å². The number of hydrogen-bond acceptors (Lipinski definition) is 3. The van der Waals surface area contributed by atoms with Gasteiger partial charge in [0, 0.05) is 17.3 Å². The number of carbonyl (C=O) groups is 1. The van der Waals surface area contributed by atoms with E-state index in [9.17, 15) is 13.6 Å². The Balaban J connectivity index is 1.77. The molecule has 0 fully saturated rings. The van der Waals surface area contributed by atoms with Crippen LogP contribution in [0.5, 0.6) is 11.5 Å². The summed E-state index contributed by atoms with van der Waals surface area (Å²) in [6, 6.07) is 18.0. The number of fused-ring (bicyclic) bond motifs is 1. The zero-order valence-electron chi connectivity index (χ0n) is 14.5. The lowest BCUT2D eigenvalue weighted by molar-refractivity contribution is -0.111. The van der Waals surface area contributed by atoms with Crippen molar-refractivity contribution in [1.82, 2.24) is 0 Å². The van der Waals surface area contributed by atoms with Crippen molar-refractivity contribution in [3.8, 4) is 11.5 Å². The summed E-state index contributed by atoms with van der Waals surface area (Å²) in [5.74, 6) is -0.353. The molecule has 3 rings (SSSR count). The first-order valence-electron chi connectivity index (χ1n) is 8.16. The highest BCUT2D eigenvalue weighted by Crippen LogP contribution is 2.33. The summed E-state index contributed by atoms with van der Waals surface area (Å²) < 4.78 is 34.9. The quantitative estimate of drug-likeness (QED) is 0.615. The Morgan fingerprint density at radius 2 is 1.81 bits per heavy atom. The molecule has 0 aliphatic carbocycles. The lowest BCUT2D eigenvalue weighted by Crippen LogP contribution is -2.08. The number of para-hydroxylation sites is 1. The zero-order chi connectivity index (χ0) is 19.2. The van der Waals surface area contributed by atoms with Gasteiger partial charge in [0.05, 0.1) is 7.11 Å². The summed E-state index contributed by atoms with van der Waals surface area (Å²) in [5, 5.41) is 4.81. The fourth-order valence-corrected chi connectivity index (χ4v) is 2.66. The molecule has 0 aliphatic rings. The SMILES string of the molecule is COc1cccc(/C=C/C(=O)Nc2ccc3ccccc3c2)c1OC(F)F. The van der Waals surface area contributed by atoms with Crippen LogP contribution in [-0.2, 0) is 4.79 Å². The second-order valence-corrected chi connectivity index (χ2v) is 5.64. The third-order valence-electron chi connectivity index (χ3n) is 3.87. The maximum absolute atomic E-state index is 12.6. The lowest BCUT2D eigenvalue weighted by atomic mass is 10.1. The van der Waals surface area contributed by atoms with Gasteiger partial charge in [-0.3, -0.25) is 4.79 Å². The van der Waals surface area contributed by atoms with E-state index >= 15 is 0 Å². The predicted molar refractivity (Wildman–Crippen MR) is 101 cm³/mol. The highest BCUT2D eigenvalue weighted by Gasteiger charge is 2.14. The van der Waals surface area contributed by atoms with E-state index in [2.05, 4.69) is 10.1 Å². The first-order chi connectivity index (χ1) is 13.1. The summed E-state index contributed by atoms with van der Waals surface area (Å²) >= 11 is 0. The minimum absolute atomic E-state index is 0.121. The highest BCUT2D eigenvalue weighted by atomic mass is 19.3. The van der Waals surface area contributed by atoms with Crippen molar-refractivity contribution in [1.29, 1.82) is 0 Å². The molecule has 0 heterocycles. The molecule has 0 aromatic heterocycles. The van der Waals surface area contributed by atoms with E-state index in [1.54, 1.807) is 18.2 Å². The number of hydrogen-bond donors (Lipinski definition) is 1. The molecule has 0 aliphatic heterocycles. The molecule has 3 aromatic carbocycles. The lowest BCUT2D eigenvalue weighted by Gasteiger charge is -2.12. The number of amides is 1. The monoisotopic (exact) mass is 369 g/mol. The standard InChI is InChI=1S/C21H17F2NO3/c1-26-18-8-4-7-15(20(18)27-21(22)23)10-12-19(25)24-17-11-9-14-5-2-3-6-16(14)13-17/h2-13,21H,1H3,(H,24,25)/b12-10+. The van der Waals surface area contributed by atoms with Gasteiger partial charge >= 0.3 is 6.61 Å². The first-order valence-corrected chi connectivity index (χ1v) is 8.16. The third kappa shape index (κ3) is 4.61. The van der Waals surface area contributed by atoms with Gasteiger partial charge in [-0.15, -0.1) is 0 Å². The van der Waals surface area contributed by atoms with Crippen molar-refractivity contribution in [2.75, 3.05) is 12.4 Å². The Morgan fingerprint density at radius 1 is 1.04 bits per heavy atom. The Labute approximate surface area is 155 Å². The van der Waals surface area contributed by atoms with Crippen molar-refractivity contribution in [3.05, 3.63) is 72.3 Å². The van der Waals surface area contributed by atoms with Crippen LogP contribution in [0.1, 0.15) is 5.56 Å². The molecule has 6 heteroatoms.